The molecule has 4 heteroatoms. The summed E-state index contributed by atoms with van der Waals surface area (Å²) >= 11 is 0. The van der Waals surface area contributed by atoms with Crippen LogP contribution in [-0.4, -0.2) is 27.7 Å². The van der Waals surface area contributed by atoms with Crippen LogP contribution in [0, 0.1) is 5.92 Å². The third kappa shape index (κ3) is 1.88. The lowest BCUT2D eigenvalue weighted by Crippen LogP contribution is -2.33. The SMILES string of the molecule is CC(C)c1ncc(N2CC3CCC2C3)c(CO)n1. The van der Waals surface area contributed by atoms with Crippen molar-refractivity contribution in [2.45, 2.75) is 51.7 Å². The van der Waals surface area contributed by atoms with Crippen molar-refractivity contribution in [2.75, 3.05) is 11.4 Å². The van der Waals surface area contributed by atoms with Crippen molar-refractivity contribution in [3.8, 4) is 0 Å². The highest BCUT2D eigenvalue weighted by molar-refractivity contribution is 5.51. The minimum atomic E-state index is 0.00542. The lowest BCUT2D eigenvalue weighted by molar-refractivity contribution is 0.276. The number of anilines is 1. The van der Waals surface area contributed by atoms with E-state index in [1.165, 1.54) is 19.3 Å². The number of piperidine rings is 1. The van der Waals surface area contributed by atoms with Crippen molar-refractivity contribution in [3.05, 3.63) is 17.7 Å². The van der Waals surface area contributed by atoms with Gasteiger partial charge >= 0.3 is 0 Å². The molecule has 2 heterocycles. The molecule has 0 radical (unpaired) electrons. The first kappa shape index (κ1) is 11.9. The van der Waals surface area contributed by atoms with Crippen LogP contribution in [0.25, 0.3) is 0 Å². The van der Waals surface area contributed by atoms with E-state index in [2.05, 4.69) is 28.7 Å². The normalized spacial score (nSPS) is 26.3. The summed E-state index contributed by atoms with van der Waals surface area (Å²) in [6, 6.07) is 0.647. The topological polar surface area (TPSA) is 49.2 Å². The molecule has 98 valence electrons. The van der Waals surface area contributed by atoms with E-state index < -0.39 is 0 Å². The van der Waals surface area contributed by atoms with Gasteiger partial charge in [-0.05, 0) is 25.2 Å². The Bertz CT molecular complexity index is 447. The Balaban J connectivity index is 1.92. The summed E-state index contributed by atoms with van der Waals surface area (Å²) in [5.74, 6) is 1.97. The third-order valence-electron chi connectivity index (χ3n) is 4.25. The fraction of sp³-hybridized carbons (Fsp3) is 0.714. The molecule has 0 amide bonds. The second kappa shape index (κ2) is 4.50. The molecule has 1 saturated carbocycles. The molecule has 18 heavy (non-hydrogen) atoms. The van der Waals surface area contributed by atoms with Gasteiger partial charge in [0.1, 0.15) is 5.82 Å². The van der Waals surface area contributed by atoms with Crippen molar-refractivity contribution in [3.63, 3.8) is 0 Å². The van der Waals surface area contributed by atoms with Crippen molar-refractivity contribution in [1.29, 1.82) is 0 Å². The molecular formula is C14H21N3O. The van der Waals surface area contributed by atoms with Gasteiger partial charge in [-0.15, -0.1) is 0 Å². The van der Waals surface area contributed by atoms with E-state index in [1.54, 1.807) is 0 Å². The zero-order valence-corrected chi connectivity index (χ0v) is 11.1. The maximum Gasteiger partial charge on any atom is 0.131 e. The Morgan fingerprint density at radius 2 is 2.28 bits per heavy atom. The van der Waals surface area contributed by atoms with Gasteiger partial charge in [0.05, 0.1) is 24.2 Å². The van der Waals surface area contributed by atoms with Crippen LogP contribution in [0.1, 0.15) is 50.5 Å². The number of fused-ring (bicyclic) bond motifs is 2. The quantitative estimate of drug-likeness (QED) is 0.888. The predicted molar refractivity (Wildman–Crippen MR) is 70.5 cm³/mol. The molecule has 2 unspecified atom stereocenters. The molecule has 0 spiro atoms. The molecule has 1 N–H and O–H groups in total. The second-order valence-electron chi connectivity index (χ2n) is 5.86. The maximum absolute atomic E-state index is 9.54. The van der Waals surface area contributed by atoms with Crippen molar-refractivity contribution < 1.29 is 5.11 Å². The number of hydrogen-bond donors (Lipinski definition) is 1. The number of hydrogen-bond acceptors (Lipinski definition) is 4. The second-order valence-corrected chi connectivity index (χ2v) is 5.86. The summed E-state index contributed by atoms with van der Waals surface area (Å²) in [6.07, 6.45) is 5.85. The van der Waals surface area contributed by atoms with E-state index in [0.29, 0.717) is 12.0 Å². The fourth-order valence-electron chi connectivity index (χ4n) is 3.28. The molecule has 2 aliphatic rings. The molecule has 2 atom stereocenters. The first-order valence-corrected chi connectivity index (χ1v) is 6.92. The Kier molecular flexibility index (Phi) is 2.98. The highest BCUT2D eigenvalue weighted by atomic mass is 16.3. The van der Waals surface area contributed by atoms with E-state index in [-0.39, 0.29) is 6.61 Å². The summed E-state index contributed by atoms with van der Waals surface area (Å²) in [7, 11) is 0. The predicted octanol–water partition coefficient (Wildman–Crippen LogP) is 2.08. The van der Waals surface area contributed by atoms with Gasteiger partial charge in [0.15, 0.2) is 0 Å². The molecule has 1 aromatic heterocycles. The van der Waals surface area contributed by atoms with E-state index in [4.69, 9.17) is 0 Å². The summed E-state index contributed by atoms with van der Waals surface area (Å²) in [5.41, 5.74) is 1.84. The average Bonchev–Trinajstić information content (AvgIpc) is 3.00. The lowest BCUT2D eigenvalue weighted by Gasteiger charge is -2.30. The summed E-state index contributed by atoms with van der Waals surface area (Å²) < 4.78 is 0. The number of aliphatic hydroxyl groups is 1. The first-order chi connectivity index (χ1) is 8.69. The van der Waals surface area contributed by atoms with Crippen LogP contribution in [0.4, 0.5) is 5.69 Å². The number of nitrogens with zero attached hydrogens (tertiary/aromatic N) is 3. The van der Waals surface area contributed by atoms with Crippen LogP contribution in [0.15, 0.2) is 6.20 Å². The Morgan fingerprint density at radius 1 is 1.44 bits per heavy atom. The largest absolute Gasteiger partial charge is 0.390 e. The van der Waals surface area contributed by atoms with Crippen molar-refractivity contribution in [2.24, 2.45) is 5.92 Å². The molecule has 2 fully saturated rings. The zero-order chi connectivity index (χ0) is 12.7. The average molecular weight is 247 g/mol. The van der Waals surface area contributed by atoms with E-state index in [1.807, 2.05) is 6.20 Å². The smallest absolute Gasteiger partial charge is 0.131 e. The molecule has 1 aromatic rings. The molecule has 1 aliphatic heterocycles. The monoisotopic (exact) mass is 247 g/mol. The van der Waals surface area contributed by atoms with Gasteiger partial charge in [-0.3, -0.25) is 0 Å². The van der Waals surface area contributed by atoms with Crippen LogP contribution in [0.3, 0.4) is 0 Å². The van der Waals surface area contributed by atoms with Gasteiger partial charge < -0.3 is 10.0 Å². The first-order valence-electron chi connectivity index (χ1n) is 6.92. The van der Waals surface area contributed by atoms with Gasteiger partial charge in [-0.25, -0.2) is 9.97 Å². The van der Waals surface area contributed by atoms with Crippen molar-refractivity contribution in [1.82, 2.24) is 9.97 Å². The highest BCUT2D eigenvalue weighted by Crippen LogP contribution is 2.40. The van der Waals surface area contributed by atoms with Crippen LogP contribution >= 0.6 is 0 Å². The molecular weight excluding hydrogens is 226 g/mol. The van der Waals surface area contributed by atoms with Gasteiger partial charge in [-0.1, -0.05) is 13.8 Å². The number of aliphatic hydroxyl groups excluding tert-OH is 1. The Morgan fingerprint density at radius 3 is 2.83 bits per heavy atom. The summed E-state index contributed by atoms with van der Waals surface area (Å²) in [4.78, 5) is 11.4. The van der Waals surface area contributed by atoms with Gasteiger partial charge in [0.25, 0.3) is 0 Å². The van der Waals surface area contributed by atoms with Gasteiger partial charge in [-0.2, -0.15) is 0 Å². The molecule has 3 rings (SSSR count). The summed E-state index contributed by atoms with van der Waals surface area (Å²) in [6.45, 7) is 5.27. The fourth-order valence-corrected chi connectivity index (χ4v) is 3.28. The van der Waals surface area contributed by atoms with E-state index in [9.17, 15) is 5.11 Å². The number of aromatic nitrogens is 2. The zero-order valence-electron chi connectivity index (χ0n) is 11.1. The van der Waals surface area contributed by atoms with E-state index >= 15 is 0 Å². The molecule has 1 aliphatic carbocycles. The minimum absolute atomic E-state index is 0.00542. The number of rotatable bonds is 3. The maximum atomic E-state index is 9.54. The van der Waals surface area contributed by atoms with Crippen LogP contribution < -0.4 is 4.90 Å². The standard InChI is InChI=1S/C14H21N3O/c1-9(2)14-15-6-13(12(8-18)16-14)17-7-10-3-4-11(17)5-10/h6,9-11,18H,3-5,7-8H2,1-2H3. The van der Waals surface area contributed by atoms with E-state index in [0.717, 1.165) is 29.7 Å². The van der Waals surface area contributed by atoms with Gasteiger partial charge in [0.2, 0.25) is 0 Å². The minimum Gasteiger partial charge on any atom is -0.390 e. The van der Waals surface area contributed by atoms with Crippen LogP contribution in [0.2, 0.25) is 0 Å². The Hall–Kier alpha value is -1.16. The third-order valence-corrected chi connectivity index (χ3v) is 4.25. The van der Waals surface area contributed by atoms with Crippen LogP contribution in [0.5, 0.6) is 0 Å². The summed E-state index contributed by atoms with van der Waals surface area (Å²) in [5, 5.41) is 9.54. The Labute approximate surface area is 108 Å². The molecule has 2 bridgehead atoms. The van der Waals surface area contributed by atoms with Crippen molar-refractivity contribution >= 4 is 5.69 Å². The lowest BCUT2D eigenvalue weighted by atomic mass is 10.1. The van der Waals surface area contributed by atoms with Gasteiger partial charge in [0, 0.05) is 18.5 Å². The van der Waals surface area contributed by atoms with Crippen LogP contribution in [-0.2, 0) is 6.61 Å². The highest BCUT2D eigenvalue weighted by Gasteiger charge is 2.38. The molecule has 4 nitrogen and oxygen atoms in total. The molecule has 1 saturated heterocycles. The molecule has 0 aromatic carbocycles.